The monoisotopic (exact) mass is 272 g/mol. The number of ketones is 1. The van der Waals surface area contributed by atoms with Gasteiger partial charge in [-0.3, -0.25) is 9.48 Å². The molecule has 18 heavy (non-hydrogen) atoms. The van der Waals surface area contributed by atoms with Gasteiger partial charge in [0.25, 0.3) is 0 Å². The molecule has 1 unspecified atom stereocenters. The van der Waals surface area contributed by atoms with E-state index in [0.29, 0.717) is 30.2 Å². The Bertz CT molecular complexity index is 403. The van der Waals surface area contributed by atoms with Gasteiger partial charge in [-0.15, -0.1) is 0 Å². The van der Waals surface area contributed by atoms with Gasteiger partial charge in [-0.1, -0.05) is 18.5 Å². The maximum absolute atomic E-state index is 12.1. The number of nitrogens with zero attached hydrogens (tertiary/aromatic N) is 3. The fourth-order valence-corrected chi connectivity index (χ4v) is 1.85. The Labute approximate surface area is 113 Å². The molecule has 1 aromatic rings. The van der Waals surface area contributed by atoms with Crippen LogP contribution in [0.4, 0.5) is 0 Å². The third-order valence-corrected chi connectivity index (χ3v) is 3.03. The van der Waals surface area contributed by atoms with E-state index in [4.69, 9.17) is 17.3 Å². The van der Waals surface area contributed by atoms with E-state index in [2.05, 4.69) is 5.10 Å². The van der Waals surface area contributed by atoms with Crippen molar-refractivity contribution in [1.29, 1.82) is 0 Å². The zero-order valence-corrected chi connectivity index (χ0v) is 11.9. The van der Waals surface area contributed by atoms with E-state index in [0.717, 1.165) is 6.54 Å². The third-order valence-electron chi connectivity index (χ3n) is 2.75. The Kier molecular flexibility index (Phi) is 5.78. The summed E-state index contributed by atoms with van der Waals surface area (Å²) < 4.78 is 1.67. The minimum atomic E-state index is 0.00852. The molecule has 0 aliphatic heterocycles. The first-order valence-corrected chi connectivity index (χ1v) is 6.42. The van der Waals surface area contributed by atoms with Crippen molar-refractivity contribution in [3.8, 4) is 0 Å². The molecule has 5 nitrogen and oxygen atoms in total. The Balaban J connectivity index is 2.80. The van der Waals surface area contributed by atoms with E-state index in [-0.39, 0.29) is 11.7 Å². The highest BCUT2D eigenvalue weighted by Gasteiger charge is 2.19. The standard InChI is InChI=1S/C12H21ClN4O/c1-9(7-14)6-11(18)12-10(13)8-15-17(12)5-4-16(2)3/h8-9H,4-7,14H2,1-3H3. The van der Waals surface area contributed by atoms with Crippen molar-refractivity contribution in [2.75, 3.05) is 27.2 Å². The van der Waals surface area contributed by atoms with Crippen LogP contribution in [-0.4, -0.2) is 47.6 Å². The first-order valence-electron chi connectivity index (χ1n) is 6.05. The van der Waals surface area contributed by atoms with Gasteiger partial charge in [0.05, 0.1) is 17.8 Å². The SMILES string of the molecule is CC(CN)CC(=O)c1c(Cl)cnn1CCN(C)C. The van der Waals surface area contributed by atoms with Gasteiger partial charge in [0.15, 0.2) is 5.78 Å². The molecule has 102 valence electrons. The molecular formula is C12H21ClN4O. The van der Waals surface area contributed by atoms with Gasteiger partial charge in [-0.25, -0.2) is 0 Å². The number of Topliss-reactive ketones (excluding diaryl/α,β-unsaturated/α-hetero) is 1. The van der Waals surface area contributed by atoms with Crippen molar-refractivity contribution >= 4 is 17.4 Å². The highest BCUT2D eigenvalue weighted by Crippen LogP contribution is 2.18. The second kappa shape index (κ2) is 6.87. The Hall–Kier alpha value is -0.910. The number of aromatic nitrogens is 2. The van der Waals surface area contributed by atoms with Crippen molar-refractivity contribution < 1.29 is 4.79 Å². The number of rotatable bonds is 7. The summed E-state index contributed by atoms with van der Waals surface area (Å²) in [5, 5.41) is 4.57. The molecule has 0 saturated carbocycles. The lowest BCUT2D eigenvalue weighted by molar-refractivity contribution is 0.0954. The number of hydrogen-bond donors (Lipinski definition) is 1. The van der Waals surface area contributed by atoms with Crippen molar-refractivity contribution in [2.24, 2.45) is 11.7 Å². The van der Waals surface area contributed by atoms with Crippen molar-refractivity contribution in [1.82, 2.24) is 14.7 Å². The zero-order valence-electron chi connectivity index (χ0n) is 11.2. The fourth-order valence-electron chi connectivity index (χ4n) is 1.60. The summed E-state index contributed by atoms with van der Waals surface area (Å²) >= 11 is 6.03. The highest BCUT2D eigenvalue weighted by molar-refractivity contribution is 6.33. The van der Waals surface area contributed by atoms with Gasteiger partial charge in [-0.2, -0.15) is 5.10 Å². The molecule has 0 amide bonds. The molecule has 2 N–H and O–H groups in total. The van der Waals surface area contributed by atoms with Crippen molar-refractivity contribution in [2.45, 2.75) is 19.9 Å². The summed E-state index contributed by atoms with van der Waals surface area (Å²) in [5.74, 6) is 0.167. The van der Waals surface area contributed by atoms with E-state index in [1.54, 1.807) is 4.68 Å². The predicted molar refractivity (Wildman–Crippen MR) is 73.0 cm³/mol. The Morgan fingerprint density at radius 2 is 2.28 bits per heavy atom. The maximum Gasteiger partial charge on any atom is 0.182 e. The number of carbonyl (C=O) groups is 1. The normalized spacial score (nSPS) is 13.0. The van der Waals surface area contributed by atoms with Gasteiger partial charge < -0.3 is 10.6 Å². The molecule has 1 aromatic heterocycles. The fraction of sp³-hybridized carbons (Fsp3) is 0.667. The number of hydrogen-bond acceptors (Lipinski definition) is 4. The van der Waals surface area contributed by atoms with Crippen LogP contribution in [0.2, 0.25) is 5.02 Å². The summed E-state index contributed by atoms with van der Waals surface area (Å²) in [6.07, 6.45) is 1.93. The van der Waals surface area contributed by atoms with Crippen molar-refractivity contribution in [3.63, 3.8) is 0 Å². The average Bonchev–Trinajstić information content (AvgIpc) is 2.67. The minimum absolute atomic E-state index is 0.00852. The summed E-state index contributed by atoms with van der Waals surface area (Å²) in [4.78, 5) is 14.2. The topological polar surface area (TPSA) is 64.2 Å². The van der Waals surface area contributed by atoms with Crippen LogP contribution in [0, 0.1) is 5.92 Å². The van der Waals surface area contributed by atoms with Gasteiger partial charge in [0.1, 0.15) is 5.69 Å². The molecule has 1 atom stereocenters. The number of halogens is 1. The number of carbonyl (C=O) groups excluding carboxylic acids is 1. The lowest BCUT2D eigenvalue weighted by Gasteiger charge is -2.12. The van der Waals surface area contributed by atoms with Gasteiger partial charge in [0.2, 0.25) is 0 Å². The molecule has 0 aliphatic rings. The predicted octanol–water partition coefficient (Wildman–Crippen LogP) is 1.27. The quantitative estimate of drug-likeness (QED) is 0.759. The lowest BCUT2D eigenvalue weighted by atomic mass is 10.0. The molecular weight excluding hydrogens is 252 g/mol. The molecule has 1 rings (SSSR count). The van der Waals surface area contributed by atoms with Crippen LogP contribution in [0.3, 0.4) is 0 Å². The van der Waals surface area contributed by atoms with E-state index in [1.165, 1.54) is 6.20 Å². The molecule has 0 aliphatic carbocycles. The molecule has 1 heterocycles. The van der Waals surface area contributed by atoms with Crippen LogP contribution in [0.5, 0.6) is 0 Å². The van der Waals surface area contributed by atoms with Gasteiger partial charge in [0, 0.05) is 13.0 Å². The molecule has 0 bridgehead atoms. The van der Waals surface area contributed by atoms with Crippen LogP contribution >= 0.6 is 11.6 Å². The largest absolute Gasteiger partial charge is 0.330 e. The van der Waals surface area contributed by atoms with Crippen LogP contribution in [0.15, 0.2) is 6.20 Å². The van der Waals surface area contributed by atoms with Crippen molar-refractivity contribution in [3.05, 3.63) is 16.9 Å². The molecule has 0 radical (unpaired) electrons. The van der Waals surface area contributed by atoms with Crippen LogP contribution in [0.1, 0.15) is 23.8 Å². The number of nitrogens with two attached hydrogens (primary N) is 1. The van der Waals surface area contributed by atoms with Crippen LogP contribution < -0.4 is 5.73 Å². The molecule has 0 saturated heterocycles. The highest BCUT2D eigenvalue weighted by atomic mass is 35.5. The average molecular weight is 273 g/mol. The summed E-state index contributed by atoms with van der Waals surface area (Å²) in [7, 11) is 3.95. The molecule has 0 spiro atoms. The first-order chi connectivity index (χ1) is 8.45. The minimum Gasteiger partial charge on any atom is -0.330 e. The second-order valence-electron chi connectivity index (χ2n) is 4.84. The van der Waals surface area contributed by atoms with Gasteiger partial charge in [-0.05, 0) is 26.6 Å². The Morgan fingerprint density at radius 3 is 2.83 bits per heavy atom. The molecule has 6 heteroatoms. The Morgan fingerprint density at radius 1 is 1.61 bits per heavy atom. The molecule has 0 aromatic carbocycles. The number of likely N-dealkylation sites (N-methyl/N-ethyl adjacent to an activating group) is 1. The lowest BCUT2D eigenvalue weighted by Crippen LogP contribution is -2.23. The van der Waals surface area contributed by atoms with E-state index < -0.39 is 0 Å². The van der Waals surface area contributed by atoms with E-state index >= 15 is 0 Å². The second-order valence-corrected chi connectivity index (χ2v) is 5.24. The maximum atomic E-state index is 12.1. The van der Waals surface area contributed by atoms with E-state index in [9.17, 15) is 4.79 Å². The van der Waals surface area contributed by atoms with E-state index in [1.807, 2.05) is 25.9 Å². The third kappa shape index (κ3) is 4.08. The zero-order chi connectivity index (χ0) is 13.7. The summed E-state index contributed by atoms with van der Waals surface area (Å²) in [6.45, 7) is 3.91. The van der Waals surface area contributed by atoms with Gasteiger partial charge >= 0.3 is 0 Å². The molecule has 0 fully saturated rings. The smallest absolute Gasteiger partial charge is 0.182 e. The van der Waals surface area contributed by atoms with Crippen LogP contribution in [0.25, 0.3) is 0 Å². The summed E-state index contributed by atoms with van der Waals surface area (Å²) in [6, 6.07) is 0. The first kappa shape index (κ1) is 15.1. The van der Waals surface area contributed by atoms with Crippen LogP contribution in [-0.2, 0) is 6.54 Å². The summed E-state index contributed by atoms with van der Waals surface area (Å²) in [5.41, 5.74) is 6.03.